The van der Waals surface area contributed by atoms with Gasteiger partial charge in [-0.3, -0.25) is 0 Å². The minimum atomic E-state index is 0.181. The highest BCUT2D eigenvalue weighted by atomic mass is 79.9. The first kappa shape index (κ1) is 15.2. The Bertz CT molecular complexity index is 586. The molecular formula is C16H17BrClNO. The van der Waals surface area contributed by atoms with Crippen LogP contribution in [0.1, 0.15) is 19.4 Å². The third-order valence-corrected chi connectivity index (χ3v) is 3.61. The highest BCUT2D eigenvalue weighted by Gasteiger charge is 2.02. The van der Waals surface area contributed by atoms with Crippen molar-refractivity contribution < 1.29 is 4.74 Å². The summed E-state index contributed by atoms with van der Waals surface area (Å²) in [5, 5.41) is 4.08. The Labute approximate surface area is 133 Å². The molecule has 2 aromatic rings. The van der Waals surface area contributed by atoms with Gasteiger partial charge in [0.25, 0.3) is 0 Å². The lowest BCUT2D eigenvalue weighted by Gasteiger charge is -2.12. The molecule has 0 aliphatic rings. The first-order valence-corrected chi connectivity index (χ1v) is 7.66. The molecule has 0 unspecified atom stereocenters. The van der Waals surface area contributed by atoms with Crippen molar-refractivity contribution in [3.8, 4) is 5.75 Å². The van der Waals surface area contributed by atoms with Gasteiger partial charge in [-0.1, -0.05) is 23.7 Å². The van der Waals surface area contributed by atoms with E-state index in [1.165, 1.54) is 0 Å². The first-order chi connectivity index (χ1) is 9.54. The lowest BCUT2D eigenvalue weighted by atomic mass is 10.2. The van der Waals surface area contributed by atoms with Gasteiger partial charge >= 0.3 is 0 Å². The van der Waals surface area contributed by atoms with Crippen molar-refractivity contribution in [2.75, 3.05) is 5.32 Å². The van der Waals surface area contributed by atoms with Crippen LogP contribution in [-0.2, 0) is 6.54 Å². The summed E-state index contributed by atoms with van der Waals surface area (Å²) in [5.41, 5.74) is 2.14. The molecule has 2 aromatic carbocycles. The van der Waals surface area contributed by atoms with Gasteiger partial charge in [-0.2, -0.15) is 0 Å². The first-order valence-electron chi connectivity index (χ1n) is 6.49. The monoisotopic (exact) mass is 353 g/mol. The summed E-state index contributed by atoms with van der Waals surface area (Å²) in [6.07, 6.45) is 0.181. The summed E-state index contributed by atoms with van der Waals surface area (Å²) in [6, 6.07) is 13.8. The zero-order chi connectivity index (χ0) is 14.5. The third kappa shape index (κ3) is 4.43. The molecule has 2 nitrogen and oxygen atoms in total. The number of anilines is 1. The van der Waals surface area contributed by atoms with Crippen molar-refractivity contribution in [1.82, 2.24) is 0 Å². The average molecular weight is 355 g/mol. The summed E-state index contributed by atoms with van der Waals surface area (Å²) < 4.78 is 6.69. The zero-order valence-corrected chi connectivity index (χ0v) is 13.8. The number of hydrogen-bond donors (Lipinski definition) is 1. The molecule has 20 heavy (non-hydrogen) atoms. The predicted octanol–water partition coefficient (Wildman–Crippen LogP) is 5.50. The Kier molecular flexibility index (Phi) is 5.32. The van der Waals surface area contributed by atoms with Crippen LogP contribution in [0.4, 0.5) is 5.69 Å². The fourth-order valence-corrected chi connectivity index (χ4v) is 2.39. The molecule has 106 valence electrons. The van der Waals surface area contributed by atoms with Crippen LogP contribution in [0.5, 0.6) is 5.75 Å². The van der Waals surface area contributed by atoms with Gasteiger partial charge in [0.05, 0.1) is 11.8 Å². The van der Waals surface area contributed by atoms with Crippen molar-refractivity contribution in [2.45, 2.75) is 26.5 Å². The van der Waals surface area contributed by atoms with Crippen LogP contribution in [0.2, 0.25) is 5.02 Å². The van der Waals surface area contributed by atoms with Crippen LogP contribution in [0, 0.1) is 0 Å². The minimum Gasteiger partial charge on any atom is -0.491 e. The van der Waals surface area contributed by atoms with E-state index in [1.807, 2.05) is 50.2 Å². The van der Waals surface area contributed by atoms with Crippen molar-refractivity contribution in [2.24, 2.45) is 0 Å². The minimum absolute atomic E-state index is 0.181. The fourth-order valence-electron chi connectivity index (χ4n) is 1.83. The van der Waals surface area contributed by atoms with Crippen molar-refractivity contribution >= 4 is 33.2 Å². The van der Waals surface area contributed by atoms with Crippen molar-refractivity contribution in [3.05, 3.63) is 57.5 Å². The van der Waals surface area contributed by atoms with Gasteiger partial charge in [0.1, 0.15) is 5.75 Å². The summed E-state index contributed by atoms with van der Waals surface area (Å²) in [5.74, 6) is 0.893. The van der Waals surface area contributed by atoms with Gasteiger partial charge in [-0.05, 0) is 65.7 Å². The number of halogens is 2. The lowest BCUT2D eigenvalue weighted by molar-refractivity contribution is 0.242. The summed E-state index contributed by atoms with van der Waals surface area (Å²) >= 11 is 9.51. The molecule has 0 atom stereocenters. The van der Waals surface area contributed by atoms with Crippen LogP contribution in [-0.4, -0.2) is 6.10 Å². The number of nitrogens with one attached hydrogen (secondary N) is 1. The second-order valence-electron chi connectivity index (χ2n) is 4.79. The number of hydrogen-bond acceptors (Lipinski definition) is 2. The molecule has 0 bridgehead atoms. The van der Waals surface area contributed by atoms with Gasteiger partial charge in [-0.25, -0.2) is 0 Å². The summed E-state index contributed by atoms with van der Waals surface area (Å²) in [7, 11) is 0. The SMILES string of the molecule is CC(C)Oc1cccc(CNc2cc(Cl)ccc2Br)c1. The molecule has 0 saturated heterocycles. The Morgan fingerprint density at radius 2 is 2.00 bits per heavy atom. The molecule has 4 heteroatoms. The molecular weight excluding hydrogens is 338 g/mol. The molecule has 0 fully saturated rings. The molecule has 0 amide bonds. The van der Waals surface area contributed by atoms with E-state index in [2.05, 4.69) is 27.3 Å². The maximum absolute atomic E-state index is 6.00. The molecule has 0 aliphatic carbocycles. The summed E-state index contributed by atoms with van der Waals surface area (Å²) in [4.78, 5) is 0. The van der Waals surface area contributed by atoms with Gasteiger partial charge in [-0.15, -0.1) is 0 Å². The largest absolute Gasteiger partial charge is 0.491 e. The maximum atomic E-state index is 6.00. The van der Waals surface area contributed by atoms with Crippen molar-refractivity contribution in [1.29, 1.82) is 0 Å². The standard InChI is InChI=1S/C16H17BrClNO/c1-11(2)20-14-5-3-4-12(8-14)10-19-16-9-13(18)6-7-15(16)17/h3-9,11,19H,10H2,1-2H3. The van der Waals surface area contributed by atoms with Crippen LogP contribution in [0.25, 0.3) is 0 Å². The number of benzene rings is 2. The second-order valence-corrected chi connectivity index (χ2v) is 6.08. The maximum Gasteiger partial charge on any atom is 0.120 e. The fraction of sp³-hybridized carbons (Fsp3) is 0.250. The molecule has 0 aromatic heterocycles. The van der Waals surface area contributed by atoms with Crippen LogP contribution < -0.4 is 10.1 Å². The van der Waals surface area contributed by atoms with Gasteiger partial charge < -0.3 is 10.1 Å². The Balaban J connectivity index is 2.05. The van der Waals surface area contributed by atoms with E-state index >= 15 is 0 Å². The second kappa shape index (κ2) is 7.00. The zero-order valence-electron chi connectivity index (χ0n) is 11.5. The van der Waals surface area contributed by atoms with Crippen LogP contribution >= 0.6 is 27.5 Å². The van der Waals surface area contributed by atoms with Gasteiger partial charge in [0, 0.05) is 16.0 Å². The normalized spacial score (nSPS) is 10.7. The van der Waals surface area contributed by atoms with E-state index in [-0.39, 0.29) is 6.10 Å². The van der Waals surface area contributed by atoms with E-state index in [0.717, 1.165) is 21.5 Å². The lowest BCUT2D eigenvalue weighted by Crippen LogP contribution is -2.06. The number of rotatable bonds is 5. The van der Waals surface area contributed by atoms with Crippen LogP contribution in [0.15, 0.2) is 46.9 Å². The molecule has 0 heterocycles. The molecule has 1 N–H and O–H groups in total. The topological polar surface area (TPSA) is 21.3 Å². The van der Waals surface area contributed by atoms with Gasteiger partial charge in [0.2, 0.25) is 0 Å². The molecule has 2 rings (SSSR count). The molecule has 0 radical (unpaired) electrons. The number of ether oxygens (including phenoxy) is 1. The Morgan fingerprint density at radius 1 is 1.20 bits per heavy atom. The van der Waals surface area contributed by atoms with E-state index in [0.29, 0.717) is 11.6 Å². The van der Waals surface area contributed by atoms with E-state index in [1.54, 1.807) is 0 Å². The molecule has 0 aliphatic heterocycles. The van der Waals surface area contributed by atoms with Crippen LogP contribution in [0.3, 0.4) is 0 Å². The summed E-state index contributed by atoms with van der Waals surface area (Å²) in [6.45, 7) is 4.76. The quantitative estimate of drug-likeness (QED) is 0.765. The highest BCUT2D eigenvalue weighted by molar-refractivity contribution is 9.10. The smallest absolute Gasteiger partial charge is 0.120 e. The Hall–Kier alpha value is -1.19. The van der Waals surface area contributed by atoms with Crippen molar-refractivity contribution in [3.63, 3.8) is 0 Å². The third-order valence-electron chi connectivity index (χ3n) is 2.68. The van der Waals surface area contributed by atoms with E-state index < -0.39 is 0 Å². The average Bonchev–Trinajstić information content (AvgIpc) is 2.39. The molecule has 0 spiro atoms. The Morgan fingerprint density at radius 3 is 2.75 bits per heavy atom. The molecule has 0 saturated carbocycles. The highest BCUT2D eigenvalue weighted by Crippen LogP contribution is 2.26. The van der Waals surface area contributed by atoms with E-state index in [4.69, 9.17) is 16.3 Å². The van der Waals surface area contributed by atoms with E-state index in [9.17, 15) is 0 Å². The van der Waals surface area contributed by atoms with Gasteiger partial charge in [0.15, 0.2) is 0 Å². The predicted molar refractivity (Wildman–Crippen MR) is 88.7 cm³/mol.